The van der Waals surface area contributed by atoms with Crippen LogP contribution in [0.4, 0.5) is 4.39 Å². The van der Waals surface area contributed by atoms with Gasteiger partial charge in [-0.3, -0.25) is 18.6 Å². The highest BCUT2D eigenvalue weighted by atomic mass is 35.5. The van der Waals surface area contributed by atoms with Crippen LogP contribution in [0.2, 0.25) is 5.02 Å². The van der Waals surface area contributed by atoms with Crippen LogP contribution in [0.5, 0.6) is 0 Å². The highest BCUT2D eigenvalue weighted by Gasteiger charge is 2.18. The summed E-state index contributed by atoms with van der Waals surface area (Å²) in [6.45, 7) is 4.81. The predicted molar refractivity (Wildman–Crippen MR) is 117 cm³/mol. The van der Waals surface area contributed by atoms with E-state index in [1.54, 1.807) is 29.2 Å². The van der Waals surface area contributed by atoms with Gasteiger partial charge in [0, 0.05) is 29.9 Å². The van der Waals surface area contributed by atoms with Gasteiger partial charge in [0.05, 0.1) is 18.3 Å². The summed E-state index contributed by atoms with van der Waals surface area (Å²) in [5.74, 6) is 0.00447. The van der Waals surface area contributed by atoms with Crippen molar-refractivity contribution in [3.8, 4) is 11.4 Å². The molecule has 4 aromatic rings. The van der Waals surface area contributed by atoms with Gasteiger partial charge >= 0.3 is 5.69 Å². The Labute approximate surface area is 181 Å². The van der Waals surface area contributed by atoms with E-state index >= 15 is 0 Å². The lowest BCUT2D eigenvalue weighted by molar-refractivity contribution is 0.555. The lowest BCUT2D eigenvalue weighted by Crippen LogP contribution is -2.40. The minimum atomic E-state index is -0.409. The average Bonchev–Trinajstić information content (AvgIpc) is 3.39. The van der Waals surface area contributed by atoms with Gasteiger partial charge in [-0.05, 0) is 25.0 Å². The first-order valence-corrected chi connectivity index (χ1v) is 10.5. The average molecular weight is 445 g/mol. The van der Waals surface area contributed by atoms with E-state index in [2.05, 4.69) is 15.1 Å². The van der Waals surface area contributed by atoms with Gasteiger partial charge in [0.15, 0.2) is 5.65 Å². The Morgan fingerprint density at radius 1 is 1.13 bits per heavy atom. The molecule has 0 aliphatic carbocycles. The molecule has 1 N–H and O–H groups in total. The predicted octanol–water partition coefficient (Wildman–Crippen LogP) is 3.41. The van der Waals surface area contributed by atoms with Crippen molar-refractivity contribution in [1.29, 1.82) is 0 Å². The van der Waals surface area contributed by atoms with Crippen molar-refractivity contribution in [1.82, 2.24) is 28.9 Å². The normalized spacial score (nSPS) is 11.5. The number of H-pyrrole nitrogens is 1. The molecule has 0 atom stereocenters. The molecule has 3 aromatic heterocycles. The number of hydrogen-bond donors (Lipinski definition) is 1. The minimum Gasteiger partial charge on any atom is -0.332 e. The fourth-order valence-corrected chi connectivity index (χ4v) is 3.79. The third-order valence-corrected chi connectivity index (χ3v) is 5.40. The zero-order valence-electron chi connectivity index (χ0n) is 17.2. The summed E-state index contributed by atoms with van der Waals surface area (Å²) in [6.07, 6.45) is 4.65. The highest BCUT2D eigenvalue weighted by molar-refractivity contribution is 6.31. The van der Waals surface area contributed by atoms with Crippen molar-refractivity contribution in [3.05, 3.63) is 67.8 Å². The Balaban J connectivity index is 1.78. The monoisotopic (exact) mass is 444 g/mol. The van der Waals surface area contributed by atoms with Crippen LogP contribution >= 0.6 is 11.6 Å². The molecule has 0 fully saturated rings. The van der Waals surface area contributed by atoms with E-state index in [1.165, 1.54) is 15.2 Å². The van der Waals surface area contributed by atoms with Crippen LogP contribution in [0.3, 0.4) is 0 Å². The molecule has 0 aliphatic heterocycles. The number of imidazole rings is 1. The summed E-state index contributed by atoms with van der Waals surface area (Å²) in [6, 6.07) is 4.52. The number of nitrogens with zero attached hydrogens (tertiary/aromatic N) is 5. The topological polar surface area (TPSA) is 90.5 Å². The van der Waals surface area contributed by atoms with Crippen molar-refractivity contribution in [2.45, 2.75) is 46.3 Å². The summed E-state index contributed by atoms with van der Waals surface area (Å²) in [5.41, 5.74) is 0.802. The maximum absolute atomic E-state index is 14.1. The molecule has 0 saturated heterocycles. The highest BCUT2D eigenvalue weighted by Crippen LogP contribution is 2.22. The molecule has 10 heteroatoms. The third-order valence-electron chi connectivity index (χ3n) is 5.04. The van der Waals surface area contributed by atoms with Crippen molar-refractivity contribution in [2.75, 3.05) is 0 Å². The zero-order valence-corrected chi connectivity index (χ0v) is 18.0. The molecule has 0 aliphatic rings. The number of halogens is 2. The van der Waals surface area contributed by atoms with Crippen LogP contribution in [0.15, 0.2) is 40.2 Å². The summed E-state index contributed by atoms with van der Waals surface area (Å²) >= 11 is 6.11. The zero-order chi connectivity index (χ0) is 22.1. The van der Waals surface area contributed by atoms with E-state index in [0.717, 1.165) is 6.42 Å². The number of aryl methyl sites for hydroxylation is 1. The number of aromatic amines is 1. The van der Waals surface area contributed by atoms with Crippen LogP contribution in [0.25, 0.3) is 22.6 Å². The standard InChI is InChI=1S/C21H22ClFN6O2/c1-3-8-28-19-17(20(30)29(9-4-2)21(28)31)25-18(26-19)13-10-24-27(11-13)12-14-15(22)6-5-7-16(14)23/h5-7,10-11H,3-4,8-9,12H2,1-2H3,(H,25,26). The second-order valence-electron chi connectivity index (χ2n) is 7.30. The van der Waals surface area contributed by atoms with Crippen molar-refractivity contribution in [2.24, 2.45) is 0 Å². The molecule has 0 bridgehead atoms. The maximum atomic E-state index is 14.1. The van der Waals surface area contributed by atoms with E-state index < -0.39 is 11.4 Å². The molecule has 0 amide bonds. The second kappa shape index (κ2) is 8.50. The van der Waals surface area contributed by atoms with Crippen LogP contribution < -0.4 is 11.2 Å². The lowest BCUT2D eigenvalue weighted by atomic mass is 10.2. The molecule has 0 saturated carbocycles. The quantitative estimate of drug-likeness (QED) is 0.473. The first-order valence-electron chi connectivity index (χ1n) is 10.1. The SMILES string of the molecule is CCCn1c(=O)c2[nH]c(-c3cnn(Cc4c(F)cccc4Cl)c3)nc2n(CCC)c1=O. The molecule has 0 unspecified atom stereocenters. The maximum Gasteiger partial charge on any atom is 0.332 e. The summed E-state index contributed by atoms with van der Waals surface area (Å²) in [5, 5.41) is 4.59. The number of hydrogen-bond acceptors (Lipinski definition) is 4. The molecule has 162 valence electrons. The molecular formula is C21H22ClFN6O2. The fraction of sp³-hybridized carbons (Fsp3) is 0.333. The summed E-state index contributed by atoms with van der Waals surface area (Å²) < 4.78 is 18.4. The second-order valence-corrected chi connectivity index (χ2v) is 7.71. The van der Waals surface area contributed by atoms with Crippen LogP contribution in [0, 0.1) is 5.82 Å². The minimum absolute atomic E-state index is 0.148. The fourth-order valence-electron chi connectivity index (χ4n) is 3.57. The Hall–Kier alpha value is -3.20. The van der Waals surface area contributed by atoms with Crippen LogP contribution in [0.1, 0.15) is 32.3 Å². The Morgan fingerprint density at radius 2 is 1.87 bits per heavy atom. The largest absolute Gasteiger partial charge is 0.332 e. The van der Waals surface area contributed by atoms with Gasteiger partial charge in [0.25, 0.3) is 5.56 Å². The first-order chi connectivity index (χ1) is 14.9. The molecule has 1 aromatic carbocycles. The van der Waals surface area contributed by atoms with Crippen molar-refractivity contribution in [3.63, 3.8) is 0 Å². The third kappa shape index (κ3) is 3.81. The van der Waals surface area contributed by atoms with Gasteiger partial charge in [-0.25, -0.2) is 14.2 Å². The van der Waals surface area contributed by atoms with E-state index in [9.17, 15) is 14.0 Å². The van der Waals surface area contributed by atoms with Gasteiger partial charge in [0.1, 0.15) is 17.2 Å². The molecule has 31 heavy (non-hydrogen) atoms. The molecule has 0 radical (unpaired) electrons. The van der Waals surface area contributed by atoms with E-state index in [-0.39, 0.29) is 17.8 Å². The summed E-state index contributed by atoms with van der Waals surface area (Å²) in [4.78, 5) is 33.2. The van der Waals surface area contributed by atoms with Crippen LogP contribution in [-0.2, 0) is 19.6 Å². The van der Waals surface area contributed by atoms with E-state index in [1.807, 2.05) is 13.8 Å². The van der Waals surface area contributed by atoms with Gasteiger partial charge in [-0.2, -0.15) is 5.10 Å². The van der Waals surface area contributed by atoms with Crippen LogP contribution in [-0.4, -0.2) is 28.9 Å². The Kier molecular flexibility index (Phi) is 5.77. The number of rotatable bonds is 7. The molecule has 3 heterocycles. The van der Waals surface area contributed by atoms with Gasteiger partial charge in [0.2, 0.25) is 0 Å². The molecular weight excluding hydrogens is 423 g/mol. The lowest BCUT2D eigenvalue weighted by Gasteiger charge is -2.09. The molecule has 0 spiro atoms. The number of fused-ring (bicyclic) bond motifs is 1. The Morgan fingerprint density at radius 3 is 2.58 bits per heavy atom. The number of nitrogens with one attached hydrogen (secondary N) is 1. The molecule has 8 nitrogen and oxygen atoms in total. The van der Waals surface area contributed by atoms with Gasteiger partial charge in [-0.1, -0.05) is 31.5 Å². The number of benzene rings is 1. The molecule has 4 rings (SSSR count). The number of aromatic nitrogens is 6. The first kappa shape index (κ1) is 21.0. The van der Waals surface area contributed by atoms with E-state index in [4.69, 9.17) is 11.6 Å². The smallest absolute Gasteiger partial charge is 0.332 e. The van der Waals surface area contributed by atoms with Crippen molar-refractivity contribution >= 4 is 22.8 Å². The van der Waals surface area contributed by atoms with E-state index in [0.29, 0.717) is 47.1 Å². The Bertz CT molecular complexity index is 1350. The summed E-state index contributed by atoms with van der Waals surface area (Å²) in [7, 11) is 0. The van der Waals surface area contributed by atoms with Crippen molar-refractivity contribution < 1.29 is 4.39 Å². The van der Waals surface area contributed by atoms with Gasteiger partial charge < -0.3 is 4.98 Å². The van der Waals surface area contributed by atoms with Gasteiger partial charge in [-0.15, -0.1) is 0 Å².